The van der Waals surface area contributed by atoms with Gasteiger partial charge >= 0.3 is 5.97 Å². The fourth-order valence-corrected chi connectivity index (χ4v) is 6.20. The summed E-state index contributed by atoms with van der Waals surface area (Å²) >= 11 is 1.59. The van der Waals surface area contributed by atoms with E-state index in [1.54, 1.807) is 24.5 Å². The quantitative estimate of drug-likeness (QED) is 0.268. The first-order chi connectivity index (χ1) is 18.2. The van der Waals surface area contributed by atoms with Gasteiger partial charge in [-0.25, -0.2) is 4.98 Å². The molecule has 1 aliphatic heterocycles. The van der Waals surface area contributed by atoms with Crippen LogP contribution in [0.3, 0.4) is 0 Å². The molecule has 5 rings (SSSR count). The molecule has 0 bridgehead atoms. The highest BCUT2D eigenvalue weighted by molar-refractivity contribution is 7.09. The number of ether oxygens (including phenoxy) is 2. The van der Waals surface area contributed by atoms with Crippen LogP contribution in [-0.4, -0.2) is 22.5 Å². The normalized spacial score (nSPS) is 17.8. The molecular weight excluding hydrogens is 498 g/mol. The number of H-pyrrole nitrogens is 1. The van der Waals surface area contributed by atoms with Gasteiger partial charge in [-0.1, -0.05) is 65.9 Å². The minimum absolute atomic E-state index is 0.0874. The lowest BCUT2D eigenvalue weighted by Crippen LogP contribution is -2.38. The van der Waals surface area contributed by atoms with Gasteiger partial charge < -0.3 is 14.5 Å². The molecule has 1 aliphatic rings. The summed E-state index contributed by atoms with van der Waals surface area (Å²) in [6, 6.07) is 18.0. The topological polar surface area (TPSA) is 85.2 Å². The first kappa shape index (κ1) is 26.0. The minimum Gasteiger partial charge on any atom is -0.465 e. The number of benzene rings is 2. The number of fused-ring (bicyclic) bond motifs is 1. The first-order valence-electron chi connectivity index (χ1n) is 12.7. The molecule has 1 N–H and O–H groups in total. The number of aromatic nitrogens is 3. The van der Waals surface area contributed by atoms with Crippen LogP contribution in [0, 0.1) is 13.8 Å². The highest BCUT2D eigenvalue weighted by Gasteiger charge is 2.51. The zero-order chi connectivity index (χ0) is 26.9. The van der Waals surface area contributed by atoms with Gasteiger partial charge in [-0.3, -0.25) is 9.59 Å². The lowest BCUT2D eigenvalue weighted by atomic mass is 9.82. The fraction of sp³-hybridized carbons (Fsp3) is 0.333. The van der Waals surface area contributed by atoms with E-state index in [2.05, 4.69) is 16.0 Å². The van der Waals surface area contributed by atoms with E-state index in [0.717, 1.165) is 27.3 Å². The van der Waals surface area contributed by atoms with Crippen molar-refractivity contribution in [1.29, 1.82) is 0 Å². The SMILES string of the molecule is Cc1ncc(C[n+]2csc(CCOC(=O)C[C@@]3(c4ccccc4)OC(C)(C)c4ccccc43)c2C)c(=O)[nH]1. The standard InChI is InChI=1S/C30H31N3O4S/c1-20-26(38-19-33(20)18-22-17-31-21(2)32-28(22)35)14-15-36-27(34)16-30(23-10-6-5-7-11-23)25-13-9-8-12-24(25)29(3,4)37-30/h5-13,17,19H,14-16,18H2,1-4H3/p+1/t30-/m0/s1. The summed E-state index contributed by atoms with van der Waals surface area (Å²) in [5, 5.41) is 0. The van der Waals surface area contributed by atoms with E-state index in [0.29, 0.717) is 24.4 Å². The molecule has 0 saturated carbocycles. The van der Waals surface area contributed by atoms with Gasteiger partial charge in [0.2, 0.25) is 5.51 Å². The van der Waals surface area contributed by atoms with Gasteiger partial charge in [0, 0.05) is 19.5 Å². The number of aryl methyl sites for hydroxylation is 1. The van der Waals surface area contributed by atoms with E-state index in [1.165, 1.54) is 0 Å². The van der Waals surface area contributed by atoms with Crippen molar-refractivity contribution in [3.05, 3.63) is 115 Å². The lowest BCUT2D eigenvalue weighted by Gasteiger charge is -2.32. The lowest BCUT2D eigenvalue weighted by molar-refractivity contribution is -0.689. The van der Waals surface area contributed by atoms with Crippen molar-refractivity contribution >= 4 is 17.3 Å². The molecule has 3 heterocycles. The predicted molar refractivity (Wildman–Crippen MR) is 145 cm³/mol. The Morgan fingerprint density at radius 3 is 2.53 bits per heavy atom. The summed E-state index contributed by atoms with van der Waals surface area (Å²) in [5.41, 5.74) is 5.08. The summed E-state index contributed by atoms with van der Waals surface area (Å²) in [7, 11) is 0. The van der Waals surface area contributed by atoms with Crippen LogP contribution in [-0.2, 0) is 38.4 Å². The van der Waals surface area contributed by atoms with Gasteiger partial charge in [0.05, 0.1) is 23.5 Å². The molecule has 0 spiro atoms. The smallest absolute Gasteiger partial charge is 0.309 e. The molecule has 4 aromatic rings. The Hall–Kier alpha value is -3.62. The maximum Gasteiger partial charge on any atom is 0.309 e. The molecule has 0 saturated heterocycles. The number of rotatable bonds is 8. The molecule has 196 valence electrons. The third kappa shape index (κ3) is 4.93. The zero-order valence-corrected chi connectivity index (χ0v) is 22.9. The number of hydrogen-bond acceptors (Lipinski definition) is 6. The molecular formula is C30H32N3O4S+. The maximum absolute atomic E-state index is 13.2. The first-order valence-corrected chi connectivity index (χ1v) is 13.6. The molecule has 7 nitrogen and oxygen atoms in total. The summed E-state index contributed by atoms with van der Waals surface area (Å²) < 4.78 is 14.5. The van der Waals surface area contributed by atoms with Crippen LogP contribution >= 0.6 is 11.3 Å². The summed E-state index contributed by atoms with van der Waals surface area (Å²) in [5.74, 6) is 0.290. The van der Waals surface area contributed by atoms with E-state index in [1.807, 2.05) is 79.4 Å². The second-order valence-corrected chi connectivity index (χ2v) is 11.1. The van der Waals surface area contributed by atoms with Crippen molar-refractivity contribution < 1.29 is 18.8 Å². The van der Waals surface area contributed by atoms with E-state index in [-0.39, 0.29) is 24.6 Å². The van der Waals surface area contributed by atoms with Crippen LogP contribution in [0.25, 0.3) is 0 Å². The number of carbonyl (C=O) groups is 1. The fourth-order valence-electron chi connectivity index (χ4n) is 5.23. The van der Waals surface area contributed by atoms with Crippen LogP contribution < -0.4 is 10.1 Å². The molecule has 0 radical (unpaired) electrons. The number of nitrogens with zero attached hydrogens (tertiary/aromatic N) is 2. The maximum atomic E-state index is 13.2. The van der Waals surface area contributed by atoms with Crippen molar-refractivity contribution in [2.24, 2.45) is 0 Å². The predicted octanol–water partition coefficient (Wildman–Crippen LogP) is 4.47. The molecule has 38 heavy (non-hydrogen) atoms. The summed E-state index contributed by atoms with van der Waals surface area (Å²) in [6.07, 6.45) is 2.30. The van der Waals surface area contributed by atoms with E-state index in [4.69, 9.17) is 9.47 Å². The summed E-state index contributed by atoms with van der Waals surface area (Å²) in [4.78, 5) is 33.5. The monoisotopic (exact) mass is 530 g/mol. The second kappa shape index (κ2) is 10.3. The van der Waals surface area contributed by atoms with Gasteiger partial charge in [0.25, 0.3) is 5.56 Å². The molecule has 8 heteroatoms. The Labute approximate surface area is 226 Å². The molecule has 2 aromatic carbocycles. The van der Waals surface area contributed by atoms with E-state index < -0.39 is 11.2 Å². The number of carbonyl (C=O) groups excluding carboxylic acids is 1. The highest BCUT2D eigenvalue weighted by atomic mass is 32.1. The number of nitrogens with one attached hydrogen (secondary N) is 1. The Balaban J connectivity index is 1.28. The zero-order valence-electron chi connectivity index (χ0n) is 22.1. The van der Waals surface area contributed by atoms with Gasteiger partial charge in [-0.05, 0) is 37.5 Å². The molecule has 2 aromatic heterocycles. The average molecular weight is 531 g/mol. The largest absolute Gasteiger partial charge is 0.465 e. The van der Waals surface area contributed by atoms with Gasteiger partial charge in [0.15, 0.2) is 12.2 Å². The number of esters is 1. The minimum atomic E-state index is -0.907. The number of aromatic amines is 1. The van der Waals surface area contributed by atoms with Crippen LogP contribution in [0.1, 0.15) is 58.9 Å². The number of hydrogen-bond donors (Lipinski definition) is 1. The Bertz CT molecular complexity index is 1530. The van der Waals surface area contributed by atoms with Crippen molar-refractivity contribution in [2.75, 3.05) is 6.61 Å². The Morgan fingerprint density at radius 1 is 1.08 bits per heavy atom. The molecule has 0 aliphatic carbocycles. The van der Waals surface area contributed by atoms with Gasteiger partial charge in [-0.15, -0.1) is 0 Å². The van der Waals surface area contributed by atoms with Crippen LogP contribution in [0.15, 0.2) is 71.1 Å². The average Bonchev–Trinajstić information content (AvgIpc) is 3.35. The van der Waals surface area contributed by atoms with E-state index in [9.17, 15) is 9.59 Å². The van der Waals surface area contributed by atoms with Crippen LogP contribution in [0.4, 0.5) is 0 Å². The van der Waals surface area contributed by atoms with E-state index >= 15 is 0 Å². The Morgan fingerprint density at radius 2 is 1.79 bits per heavy atom. The molecule has 0 amide bonds. The van der Waals surface area contributed by atoms with Crippen LogP contribution in [0.5, 0.6) is 0 Å². The molecule has 1 atom stereocenters. The second-order valence-electron chi connectivity index (χ2n) is 10.2. The van der Waals surface area contributed by atoms with Crippen molar-refractivity contribution in [3.8, 4) is 0 Å². The third-order valence-corrected chi connectivity index (χ3v) is 8.31. The van der Waals surface area contributed by atoms with Crippen molar-refractivity contribution in [1.82, 2.24) is 9.97 Å². The molecule has 0 fully saturated rings. The van der Waals surface area contributed by atoms with Gasteiger partial charge in [0.1, 0.15) is 17.0 Å². The van der Waals surface area contributed by atoms with Crippen molar-refractivity contribution in [3.63, 3.8) is 0 Å². The third-order valence-electron chi connectivity index (χ3n) is 7.16. The number of thiazole rings is 1. The van der Waals surface area contributed by atoms with Crippen LogP contribution in [0.2, 0.25) is 0 Å². The summed E-state index contributed by atoms with van der Waals surface area (Å²) in [6.45, 7) is 8.56. The molecule has 0 unspecified atom stereocenters. The highest BCUT2D eigenvalue weighted by Crippen LogP contribution is 2.52. The van der Waals surface area contributed by atoms with Crippen molar-refractivity contribution in [2.45, 2.75) is 58.3 Å². The Kier molecular flexibility index (Phi) is 7.03. The van der Waals surface area contributed by atoms with Gasteiger partial charge in [-0.2, -0.15) is 4.57 Å².